The van der Waals surface area contributed by atoms with E-state index >= 15 is 0 Å². The Morgan fingerprint density at radius 3 is 2.46 bits per heavy atom. The van der Waals surface area contributed by atoms with Crippen LogP contribution in [0.25, 0.3) is 17.4 Å². The molecule has 0 aliphatic heterocycles. The Morgan fingerprint density at radius 1 is 1.19 bits per heavy atom. The van der Waals surface area contributed by atoms with Crippen LogP contribution in [0.15, 0.2) is 46.9 Å². The van der Waals surface area contributed by atoms with Gasteiger partial charge < -0.3 is 4.42 Å². The van der Waals surface area contributed by atoms with E-state index in [1.807, 2.05) is 6.92 Å². The molecule has 2 heterocycles. The van der Waals surface area contributed by atoms with E-state index in [9.17, 15) is 14.9 Å². The van der Waals surface area contributed by atoms with Gasteiger partial charge in [0.1, 0.15) is 11.5 Å². The molecule has 0 saturated heterocycles. The van der Waals surface area contributed by atoms with Crippen LogP contribution in [0.4, 0.5) is 5.69 Å². The predicted octanol–water partition coefficient (Wildman–Crippen LogP) is 4.10. The number of benzene rings is 1. The number of carbonyl (C=O) groups is 1. The maximum absolute atomic E-state index is 12.4. The Bertz CT molecular complexity index is 1010. The molecule has 0 saturated carbocycles. The van der Waals surface area contributed by atoms with Crippen LogP contribution in [0, 0.1) is 24.0 Å². The van der Waals surface area contributed by atoms with Gasteiger partial charge in [0.2, 0.25) is 0 Å². The van der Waals surface area contributed by atoms with Crippen molar-refractivity contribution in [2.45, 2.75) is 13.8 Å². The van der Waals surface area contributed by atoms with Crippen LogP contribution in [-0.4, -0.2) is 20.5 Å². The number of rotatable bonds is 5. The van der Waals surface area contributed by atoms with Crippen molar-refractivity contribution in [3.63, 3.8) is 0 Å². The first-order chi connectivity index (χ1) is 12.4. The molecule has 0 atom stereocenters. The topological polar surface area (TPSA) is 91.2 Å². The predicted molar refractivity (Wildman–Crippen MR) is 96.8 cm³/mol. The van der Waals surface area contributed by atoms with Crippen molar-refractivity contribution in [2.75, 3.05) is 0 Å². The van der Waals surface area contributed by atoms with Crippen molar-refractivity contribution >= 4 is 17.5 Å². The number of aromatic nitrogens is 2. The largest absolute Gasteiger partial charge is 0.457 e. The number of nitro groups is 1. The van der Waals surface area contributed by atoms with Crippen LogP contribution in [0.2, 0.25) is 0 Å². The van der Waals surface area contributed by atoms with E-state index in [1.165, 1.54) is 18.2 Å². The summed E-state index contributed by atoms with van der Waals surface area (Å²) in [6.07, 6.45) is 3.05. The van der Waals surface area contributed by atoms with Crippen molar-refractivity contribution in [3.05, 3.63) is 75.3 Å². The summed E-state index contributed by atoms with van der Waals surface area (Å²) < 4.78 is 7.37. The molecular weight excluding hydrogens is 334 g/mol. The summed E-state index contributed by atoms with van der Waals surface area (Å²) in [6, 6.07) is 9.58. The summed E-state index contributed by atoms with van der Waals surface area (Å²) in [5, 5.41) is 14.9. The highest BCUT2D eigenvalue weighted by molar-refractivity contribution is 6.08. The van der Waals surface area contributed by atoms with Crippen LogP contribution in [0.3, 0.4) is 0 Å². The third-order valence-electron chi connectivity index (χ3n) is 4.14. The minimum absolute atomic E-state index is 0.0215. The summed E-state index contributed by atoms with van der Waals surface area (Å²) in [5.74, 6) is 0.952. The average Bonchev–Trinajstić information content (AvgIpc) is 3.18. The van der Waals surface area contributed by atoms with Gasteiger partial charge in [-0.2, -0.15) is 5.10 Å². The first-order valence-electron chi connectivity index (χ1n) is 7.94. The minimum atomic E-state index is -0.450. The molecule has 0 fully saturated rings. The van der Waals surface area contributed by atoms with E-state index in [-0.39, 0.29) is 11.5 Å². The molecule has 0 N–H and O–H groups in total. The molecule has 3 aromatic rings. The average molecular weight is 351 g/mol. The van der Waals surface area contributed by atoms with Crippen molar-refractivity contribution in [1.82, 2.24) is 9.78 Å². The molecule has 0 radical (unpaired) electrons. The molecule has 1 aromatic carbocycles. The normalized spacial score (nSPS) is 11.2. The Balaban J connectivity index is 1.78. The lowest BCUT2D eigenvalue weighted by Gasteiger charge is -1.97. The van der Waals surface area contributed by atoms with Crippen LogP contribution >= 0.6 is 0 Å². The van der Waals surface area contributed by atoms with Crippen molar-refractivity contribution in [3.8, 4) is 11.3 Å². The molecule has 0 aliphatic rings. The second-order valence-corrected chi connectivity index (χ2v) is 5.87. The molecule has 26 heavy (non-hydrogen) atoms. The fraction of sp³-hybridized carbons (Fsp3) is 0.158. The number of nitro benzene ring substituents is 1. The van der Waals surface area contributed by atoms with E-state index in [0.29, 0.717) is 22.8 Å². The zero-order valence-corrected chi connectivity index (χ0v) is 14.6. The van der Waals surface area contributed by atoms with Gasteiger partial charge in [0, 0.05) is 30.4 Å². The van der Waals surface area contributed by atoms with Crippen molar-refractivity contribution in [2.24, 2.45) is 7.05 Å². The molecule has 132 valence electrons. The fourth-order valence-corrected chi connectivity index (χ4v) is 2.72. The molecule has 0 spiro atoms. The summed E-state index contributed by atoms with van der Waals surface area (Å²) in [5.41, 5.74) is 2.83. The SMILES string of the molecule is Cc1nn(C)c(C)c1C(=O)/C=C/c1ccc(-c2ccc([N+](=O)[O-])cc2)o1. The first kappa shape index (κ1) is 17.3. The number of nitrogens with zero attached hydrogens (tertiary/aromatic N) is 3. The van der Waals surface area contributed by atoms with E-state index in [4.69, 9.17) is 4.42 Å². The van der Waals surface area contributed by atoms with Crippen LogP contribution in [0.1, 0.15) is 27.5 Å². The van der Waals surface area contributed by atoms with Crippen LogP contribution in [0.5, 0.6) is 0 Å². The Labute approximate surface area is 149 Å². The Kier molecular flexibility index (Phi) is 4.53. The number of furan rings is 1. The summed E-state index contributed by atoms with van der Waals surface area (Å²) in [7, 11) is 1.80. The molecule has 3 rings (SSSR count). The van der Waals surface area contributed by atoms with Crippen molar-refractivity contribution < 1.29 is 14.1 Å². The Hall–Kier alpha value is -3.48. The molecule has 7 heteroatoms. The first-order valence-corrected chi connectivity index (χ1v) is 7.94. The maximum Gasteiger partial charge on any atom is 0.269 e. The Morgan fingerprint density at radius 2 is 1.88 bits per heavy atom. The van der Waals surface area contributed by atoms with Gasteiger partial charge in [0.05, 0.1) is 16.2 Å². The number of hydrogen-bond donors (Lipinski definition) is 0. The van der Waals surface area contributed by atoms with Gasteiger partial charge in [-0.05, 0) is 50.3 Å². The molecular formula is C19H17N3O4. The van der Waals surface area contributed by atoms with Crippen LogP contribution in [-0.2, 0) is 7.05 Å². The molecule has 0 aliphatic carbocycles. The minimum Gasteiger partial charge on any atom is -0.457 e. The third kappa shape index (κ3) is 3.32. The van der Waals surface area contributed by atoms with Gasteiger partial charge in [-0.25, -0.2) is 0 Å². The van der Waals surface area contributed by atoms with Gasteiger partial charge in [0.25, 0.3) is 5.69 Å². The highest BCUT2D eigenvalue weighted by atomic mass is 16.6. The third-order valence-corrected chi connectivity index (χ3v) is 4.14. The van der Waals surface area contributed by atoms with Gasteiger partial charge in [-0.1, -0.05) is 0 Å². The standard InChI is InChI=1S/C19H17N3O4/c1-12-19(13(2)21(3)20-12)17(23)10-8-16-9-11-18(26-16)14-4-6-15(7-5-14)22(24)25/h4-11H,1-3H3/b10-8+. The smallest absolute Gasteiger partial charge is 0.269 e. The van der Waals surface area contributed by atoms with Gasteiger partial charge in [-0.3, -0.25) is 19.6 Å². The van der Waals surface area contributed by atoms with Crippen LogP contribution < -0.4 is 0 Å². The molecule has 0 unspecified atom stereocenters. The highest BCUT2D eigenvalue weighted by Crippen LogP contribution is 2.25. The quantitative estimate of drug-likeness (QED) is 0.299. The van der Waals surface area contributed by atoms with Crippen molar-refractivity contribution in [1.29, 1.82) is 0 Å². The van der Waals surface area contributed by atoms with Gasteiger partial charge in [-0.15, -0.1) is 0 Å². The number of non-ortho nitro benzene ring substituents is 1. The van der Waals surface area contributed by atoms with Gasteiger partial charge in [0.15, 0.2) is 5.78 Å². The van der Waals surface area contributed by atoms with E-state index in [1.54, 1.807) is 49.0 Å². The lowest BCUT2D eigenvalue weighted by molar-refractivity contribution is -0.384. The number of hydrogen-bond acceptors (Lipinski definition) is 5. The number of carbonyl (C=O) groups excluding carboxylic acids is 1. The maximum atomic E-state index is 12.4. The number of ketones is 1. The second kappa shape index (κ2) is 6.79. The highest BCUT2D eigenvalue weighted by Gasteiger charge is 2.15. The summed E-state index contributed by atoms with van der Waals surface area (Å²) in [6.45, 7) is 3.65. The summed E-state index contributed by atoms with van der Waals surface area (Å²) >= 11 is 0. The van der Waals surface area contributed by atoms with E-state index in [2.05, 4.69) is 5.10 Å². The molecule has 7 nitrogen and oxygen atoms in total. The summed E-state index contributed by atoms with van der Waals surface area (Å²) in [4.78, 5) is 22.7. The van der Waals surface area contributed by atoms with Gasteiger partial charge >= 0.3 is 0 Å². The monoisotopic (exact) mass is 351 g/mol. The molecule has 2 aromatic heterocycles. The van der Waals surface area contributed by atoms with E-state index < -0.39 is 4.92 Å². The number of aryl methyl sites for hydroxylation is 2. The number of allylic oxidation sites excluding steroid dienone is 1. The lowest BCUT2D eigenvalue weighted by atomic mass is 10.1. The molecule has 0 amide bonds. The zero-order valence-electron chi connectivity index (χ0n) is 14.6. The fourth-order valence-electron chi connectivity index (χ4n) is 2.72. The zero-order chi connectivity index (χ0) is 18.8. The molecule has 0 bridgehead atoms. The lowest BCUT2D eigenvalue weighted by Crippen LogP contribution is -1.99. The second-order valence-electron chi connectivity index (χ2n) is 5.87. The van der Waals surface area contributed by atoms with E-state index in [0.717, 1.165) is 11.3 Å².